The number of nitrogens with zero attached hydrogens (tertiary/aromatic N) is 1. The molecule has 0 aliphatic carbocycles. The standard InChI is InChI=1S/C14H21F3N2O2.C4H4O4/c1-9-5-6-18-12(11(9)14(15,16)17)21-8-10(20)7-19-13(2,3)4;5-3(6)1-2-4(7)8/h5-6,10,19-20H,7-8H2,1-4H3;1-2H,(H,5,6)(H,7,8)/t10-;/m0./s1. The van der Waals surface area contributed by atoms with Crippen molar-refractivity contribution in [3.05, 3.63) is 35.5 Å². The van der Waals surface area contributed by atoms with Gasteiger partial charge in [0.05, 0.1) is 0 Å². The van der Waals surface area contributed by atoms with Gasteiger partial charge in [0.25, 0.3) is 0 Å². The van der Waals surface area contributed by atoms with Crippen LogP contribution in [0, 0.1) is 6.92 Å². The third-order valence-corrected chi connectivity index (χ3v) is 3.06. The number of halogens is 3. The highest BCUT2D eigenvalue weighted by Crippen LogP contribution is 2.37. The summed E-state index contributed by atoms with van der Waals surface area (Å²) in [5.41, 5.74) is -1.06. The minimum absolute atomic E-state index is 0.0369. The zero-order valence-electron chi connectivity index (χ0n) is 16.4. The van der Waals surface area contributed by atoms with Gasteiger partial charge >= 0.3 is 18.1 Å². The Morgan fingerprint density at radius 2 is 1.72 bits per heavy atom. The van der Waals surface area contributed by atoms with E-state index in [1.54, 1.807) is 0 Å². The molecule has 0 aliphatic rings. The monoisotopic (exact) mass is 422 g/mol. The number of nitrogens with one attached hydrogen (secondary N) is 1. The number of carboxylic acids is 2. The molecule has 0 saturated carbocycles. The number of β-amino-alcohol motifs (C(OH)–C–C–N with tert-alkyl or cyclic N) is 1. The van der Waals surface area contributed by atoms with Crippen molar-refractivity contribution in [1.82, 2.24) is 10.3 Å². The van der Waals surface area contributed by atoms with E-state index in [1.165, 1.54) is 19.2 Å². The van der Waals surface area contributed by atoms with E-state index < -0.39 is 35.7 Å². The molecular weight excluding hydrogens is 397 g/mol. The number of aliphatic carboxylic acids is 2. The second-order valence-electron chi connectivity index (χ2n) is 6.91. The predicted octanol–water partition coefficient (Wildman–Crippen LogP) is 2.25. The Kier molecular flexibility index (Phi) is 10.3. The highest BCUT2D eigenvalue weighted by molar-refractivity contribution is 5.89. The van der Waals surface area contributed by atoms with Gasteiger partial charge in [-0.2, -0.15) is 13.2 Å². The van der Waals surface area contributed by atoms with Gasteiger partial charge in [0.15, 0.2) is 0 Å². The fraction of sp³-hybridized carbons (Fsp3) is 0.500. The molecule has 1 rings (SSSR count). The smallest absolute Gasteiger partial charge is 0.421 e. The second-order valence-corrected chi connectivity index (χ2v) is 6.91. The number of aliphatic hydroxyl groups is 1. The molecule has 0 aromatic carbocycles. The van der Waals surface area contributed by atoms with Crippen molar-refractivity contribution in [3.8, 4) is 5.88 Å². The highest BCUT2D eigenvalue weighted by atomic mass is 19.4. The molecule has 164 valence electrons. The average Bonchev–Trinajstić information content (AvgIpc) is 2.55. The SMILES string of the molecule is Cc1ccnc(OC[C@@H](O)CNC(C)(C)C)c1C(F)(F)F.O=C(O)C=CC(=O)O. The van der Waals surface area contributed by atoms with Crippen molar-refractivity contribution >= 4 is 11.9 Å². The van der Waals surface area contributed by atoms with Crippen LogP contribution >= 0.6 is 0 Å². The van der Waals surface area contributed by atoms with Crippen molar-refractivity contribution in [2.75, 3.05) is 13.2 Å². The maximum absolute atomic E-state index is 12.9. The molecule has 0 saturated heterocycles. The van der Waals surface area contributed by atoms with Crippen LogP contribution in [0.1, 0.15) is 31.9 Å². The summed E-state index contributed by atoms with van der Waals surface area (Å²) in [5.74, 6) is -3.02. The van der Waals surface area contributed by atoms with E-state index in [2.05, 4.69) is 10.3 Å². The van der Waals surface area contributed by atoms with Crippen molar-refractivity contribution in [3.63, 3.8) is 0 Å². The van der Waals surface area contributed by atoms with Crippen LogP contribution in [0.25, 0.3) is 0 Å². The molecule has 1 aromatic heterocycles. The molecular formula is C18H25F3N2O6. The summed E-state index contributed by atoms with van der Waals surface area (Å²) in [5, 5.41) is 28.4. The molecule has 0 aliphatic heterocycles. The number of carbonyl (C=O) groups is 2. The number of aromatic nitrogens is 1. The normalized spacial score (nSPS) is 12.8. The Morgan fingerprint density at radius 1 is 1.21 bits per heavy atom. The van der Waals surface area contributed by atoms with Gasteiger partial charge in [-0.05, 0) is 39.3 Å². The highest BCUT2D eigenvalue weighted by Gasteiger charge is 2.37. The third kappa shape index (κ3) is 12.4. The maximum Gasteiger partial charge on any atom is 0.421 e. The number of aryl methyl sites for hydroxylation is 1. The Morgan fingerprint density at radius 3 is 2.14 bits per heavy atom. The van der Waals surface area contributed by atoms with Crippen LogP contribution in [0.2, 0.25) is 0 Å². The van der Waals surface area contributed by atoms with E-state index in [-0.39, 0.29) is 24.3 Å². The minimum atomic E-state index is -4.54. The summed E-state index contributed by atoms with van der Waals surface area (Å²) in [7, 11) is 0. The molecule has 0 radical (unpaired) electrons. The first-order valence-corrected chi connectivity index (χ1v) is 8.36. The van der Waals surface area contributed by atoms with Crippen molar-refractivity contribution < 1.29 is 42.8 Å². The number of pyridine rings is 1. The molecule has 8 nitrogen and oxygen atoms in total. The summed E-state index contributed by atoms with van der Waals surface area (Å²) in [6, 6.07) is 1.27. The molecule has 1 atom stereocenters. The minimum Gasteiger partial charge on any atom is -0.478 e. The van der Waals surface area contributed by atoms with Gasteiger partial charge in [-0.3, -0.25) is 0 Å². The number of rotatable bonds is 7. The summed E-state index contributed by atoms with van der Waals surface area (Å²) >= 11 is 0. The fourth-order valence-corrected chi connectivity index (χ4v) is 1.79. The van der Waals surface area contributed by atoms with E-state index in [0.717, 1.165) is 0 Å². The lowest BCUT2D eigenvalue weighted by Crippen LogP contribution is -2.42. The Bertz CT molecular complexity index is 699. The lowest BCUT2D eigenvalue weighted by Gasteiger charge is -2.23. The van der Waals surface area contributed by atoms with E-state index in [1.807, 2.05) is 20.8 Å². The Labute approximate surface area is 166 Å². The summed E-state index contributed by atoms with van der Waals surface area (Å²) in [4.78, 5) is 22.7. The number of aliphatic hydroxyl groups excluding tert-OH is 1. The lowest BCUT2D eigenvalue weighted by molar-refractivity contribution is -0.140. The molecule has 0 fully saturated rings. The molecule has 0 spiro atoms. The van der Waals surface area contributed by atoms with Crippen LogP contribution in [0.15, 0.2) is 24.4 Å². The molecule has 4 N–H and O–H groups in total. The number of hydrogen-bond donors (Lipinski definition) is 4. The van der Waals surface area contributed by atoms with Crippen molar-refractivity contribution in [2.45, 2.75) is 45.5 Å². The number of ether oxygens (including phenoxy) is 1. The van der Waals surface area contributed by atoms with E-state index >= 15 is 0 Å². The van der Waals surface area contributed by atoms with E-state index in [0.29, 0.717) is 12.2 Å². The van der Waals surface area contributed by atoms with Crippen LogP contribution in [0.3, 0.4) is 0 Å². The topological polar surface area (TPSA) is 129 Å². The molecule has 11 heteroatoms. The lowest BCUT2D eigenvalue weighted by atomic mass is 10.1. The summed E-state index contributed by atoms with van der Waals surface area (Å²) < 4.78 is 43.9. The van der Waals surface area contributed by atoms with Crippen LogP contribution in [-0.4, -0.2) is 57.0 Å². The summed E-state index contributed by atoms with van der Waals surface area (Å²) in [6.45, 7) is 7.06. The van der Waals surface area contributed by atoms with E-state index in [9.17, 15) is 27.9 Å². The Hall–Kier alpha value is -2.66. The predicted molar refractivity (Wildman–Crippen MR) is 97.6 cm³/mol. The number of carboxylic acid groups (broad SMARTS) is 2. The molecule has 0 unspecified atom stereocenters. The molecule has 0 amide bonds. The van der Waals surface area contributed by atoms with E-state index in [4.69, 9.17) is 14.9 Å². The van der Waals surface area contributed by atoms with Crippen molar-refractivity contribution in [2.24, 2.45) is 0 Å². The molecule has 1 aromatic rings. The van der Waals surface area contributed by atoms with Gasteiger partial charge in [-0.25, -0.2) is 14.6 Å². The first-order valence-electron chi connectivity index (χ1n) is 8.36. The largest absolute Gasteiger partial charge is 0.478 e. The zero-order valence-corrected chi connectivity index (χ0v) is 16.4. The number of hydrogen-bond acceptors (Lipinski definition) is 6. The van der Waals surface area contributed by atoms with Gasteiger partial charge in [0.1, 0.15) is 18.3 Å². The van der Waals surface area contributed by atoms with Gasteiger partial charge < -0.3 is 25.4 Å². The van der Waals surface area contributed by atoms with Crippen LogP contribution in [0.4, 0.5) is 13.2 Å². The van der Waals surface area contributed by atoms with Gasteiger partial charge in [0, 0.05) is 30.4 Å². The van der Waals surface area contributed by atoms with Gasteiger partial charge in [0.2, 0.25) is 5.88 Å². The Balaban J connectivity index is 0.000000828. The third-order valence-electron chi connectivity index (χ3n) is 3.06. The van der Waals surface area contributed by atoms with Crippen LogP contribution in [-0.2, 0) is 15.8 Å². The zero-order chi connectivity index (χ0) is 22.8. The summed E-state index contributed by atoms with van der Waals surface area (Å²) in [6.07, 6.45) is -3.10. The fourth-order valence-electron chi connectivity index (χ4n) is 1.79. The number of alkyl halides is 3. The van der Waals surface area contributed by atoms with Crippen molar-refractivity contribution in [1.29, 1.82) is 0 Å². The molecule has 29 heavy (non-hydrogen) atoms. The van der Waals surface area contributed by atoms with Crippen LogP contribution < -0.4 is 10.1 Å². The quantitative estimate of drug-likeness (QED) is 0.493. The van der Waals surface area contributed by atoms with Gasteiger partial charge in [-0.15, -0.1) is 0 Å². The first kappa shape index (κ1) is 26.3. The maximum atomic E-state index is 12.9. The van der Waals surface area contributed by atoms with Crippen LogP contribution in [0.5, 0.6) is 5.88 Å². The van der Waals surface area contributed by atoms with Gasteiger partial charge in [-0.1, -0.05) is 0 Å². The second kappa shape index (κ2) is 11.4. The molecule has 0 bridgehead atoms. The first-order chi connectivity index (χ1) is 13.1. The molecule has 1 heterocycles. The average molecular weight is 422 g/mol.